The van der Waals surface area contributed by atoms with Crippen LogP contribution in [0.5, 0.6) is 0 Å². The molecule has 0 radical (unpaired) electrons. The molecular weight excluding hydrogens is 321 g/mol. The Morgan fingerprint density at radius 3 is 2.58 bits per heavy atom. The van der Waals surface area contributed by atoms with Gasteiger partial charge in [-0.25, -0.2) is 0 Å². The predicted octanol–water partition coefficient (Wildman–Crippen LogP) is 2.71. The van der Waals surface area contributed by atoms with Gasteiger partial charge >= 0.3 is 6.18 Å². The third-order valence-corrected chi connectivity index (χ3v) is 4.24. The highest BCUT2D eigenvalue weighted by atomic mass is 19.4. The van der Waals surface area contributed by atoms with Gasteiger partial charge in [0.25, 0.3) is 0 Å². The van der Waals surface area contributed by atoms with Gasteiger partial charge in [0, 0.05) is 25.4 Å². The Labute approximate surface area is 139 Å². The Morgan fingerprint density at radius 2 is 2.00 bits per heavy atom. The van der Waals surface area contributed by atoms with E-state index in [1.807, 2.05) is 37.3 Å². The normalized spacial score (nSPS) is 19.4. The lowest BCUT2D eigenvalue weighted by Gasteiger charge is -2.19. The number of alkyl halides is 3. The molecule has 7 heteroatoms. The number of rotatable bonds is 6. The third-order valence-electron chi connectivity index (χ3n) is 4.24. The van der Waals surface area contributed by atoms with Crippen molar-refractivity contribution in [2.24, 2.45) is 5.92 Å². The zero-order chi connectivity index (χ0) is 17.7. The van der Waals surface area contributed by atoms with Crippen LogP contribution in [0.3, 0.4) is 0 Å². The second kappa shape index (κ2) is 7.68. The molecule has 4 nitrogen and oxygen atoms in total. The first-order chi connectivity index (χ1) is 11.3. The summed E-state index contributed by atoms with van der Waals surface area (Å²) in [5.74, 6) is -1.56. The number of hydrogen-bond acceptors (Lipinski definition) is 2. The second-order valence-corrected chi connectivity index (χ2v) is 6.05. The van der Waals surface area contributed by atoms with Crippen molar-refractivity contribution in [2.75, 3.05) is 19.6 Å². The number of likely N-dealkylation sites (tertiary alicyclic amines) is 1. The zero-order valence-electron chi connectivity index (χ0n) is 13.5. The van der Waals surface area contributed by atoms with Crippen LogP contribution in [0, 0.1) is 5.92 Å². The molecule has 1 aliphatic rings. The van der Waals surface area contributed by atoms with Gasteiger partial charge in [0.05, 0.1) is 5.92 Å². The summed E-state index contributed by atoms with van der Waals surface area (Å²) in [6.07, 6.45) is -3.78. The lowest BCUT2D eigenvalue weighted by atomic mass is 9.96. The number of nitrogens with one attached hydrogen (secondary N) is 1. The van der Waals surface area contributed by atoms with Crippen molar-refractivity contribution >= 4 is 11.8 Å². The summed E-state index contributed by atoms with van der Waals surface area (Å²) in [5, 5.41) is 2.78. The summed E-state index contributed by atoms with van der Waals surface area (Å²) in [6.45, 7) is 0.945. The molecule has 1 heterocycles. The minimum atomic E-state index is -4.44. The number of carbonyl (C=O) groups is 2. The number of benzene rings is 1. The van der Waals surface area contributed by atoms with E-state index in [2.05, 4.69) is 5.32 Å². The number of carbonyl (C=O) groups excluding carboxylic acids is 2. The SMILES string of the molecule is CC[C@H](CNC(=O)[C@@H]1CC(=O)N(CC(F)(F)F)C1)c1ccccc1. The molecule has 0 saturated carbocycles. The first-order valence-electron chi connectivity index (χ1n) is 7.97. The van der Waals surface area contributed by atoms with E-state index in [0.29, 0.717) is 11.4 Å². The Hall–Kier alpha value is -2.05. The Bertz CT molecular complexity index is 575. The summed E-state index contributed by atoms with van der Waals surface area (Å²) < 4.78 is 37.2. The molecule has 0 bridgehead atoms. The topological polar surface area (TPSA) is 49.4 Å². The van der Waals surface area contributed by atoms with Crippen LogP contribution in [0.1, 0.15) is 31.2 Å². The molecule has 0 aliphatic carbocycles. The fourth-order valence-electron chi connectivity index (χ4n) is 2.91. The first kappa shape index (κ1) is 18.3. The quantitative estimate of drug-likeness (QED) is 0.864. The van der Waals surface area contributed by atoms with Crippen LogP contribution >= 0.6 is 0 Å². The molecule has 2 rings (SSSR count). The lowest BCUT2D eigenvalue weighted by Crippen LogP contribution is -2.38. The molecule has 0 unspecified atom stereocenters. The van der Waals surface area contributed by atoms with Gasteiger partial charge in [-0.15, -0.1) is 0 Å². The van der Waals surface area contributed by atoms with Gasteiger partial charge in [0.2, 0.25) is 11.8 Å². The van der Waals surface area contributed by atoms with E-state index in [9.17, 15) is 22.8 Å². The molecule has 24 heavy (non-hydrogen) atoms. The van der Waals surface area contributed by atoms with Gasteiger partial charge in [-0.2, -0.15) is 13.2 Å². The molecule has 1 aromatic carbocycles. The van der Waals surface area contributed by atoms with Crippen molar-refractivity contribution in [3.05, 3.63) is 35.9 Å². The molecule has 0 aromatic heterocycles. The van der Waals surface area contributed by atoms with E-state index in [-0.39, 0.29) is 24.8 Å². The van der Waals surface area contributed by atoms with Crippen molar-refractivity contribution in [3.63, 3.8) is 0 Å². The maximum atomic E-state index is 12.4. The summed E-state index contributed by atoms with van der Waals surface area (Å²) >= 11 is 0. The molecule has 1 saturated heterocycles. The summed E-state index contributed by atoms with van der Waals surface area (Å²) in [7, 11) is 0. The predicted molar refractivity (Wildman–Crippen MR) is 83.2 cm³/mol. The minimum absolute atomic E-state index is 0.138. The average molecular weight is 342 g/mol. The van der Waals surface area contributed by atoms with E-state index in [0.717, 1.165) is 12.0 Å². The van der Waals surface area contributed by atoms with E-state index in [4.69, 9.17) is 0 Å². The number of hydrogen-bond donors (Lipinski definition) is 1. The van der Waals surface area contributed by atoms with Gasteiger partial charge in [-0.1, -0.05) is 37.3 Å². The summed E-state index contributed by atoms with van der Waals surface area (Å²) in [6, 6.07) is 9.71. The summed E-state index contributed by atoms with van der Waals surface area (Å²) in [4.78, 5) is 24.5. The third kappa shape index (κ3) is 4.97. The smallest absolute Gasteiger partial charge is 0.355 e. The molecule has 1 fully saturated rings. The number of amides is 2. The van der Waals surface area contributed by atoms with Crippen LogP contribution in [-0.4, -0.2) is 42.5 Å². The van der Waals surface area contributed by atoms with Gasteiger partial charge in [0.1, 0.15) is 6.54 Å². The standard InChI is InChI=1S/C17H21F3N2O2/c1-2-12(13-6-4-3-5-7-13)9-21-16(24)14-8-15(23)22(10-14)11-17(18,19)20/h3-7,12,14H,2,8-11H2,1H3,(H,21,24)/t12-,14-/m1/s1. The van der Waals surface area contributed by atoms with Crippen LogP contribution in [0.15, 0.2) is 30.3 Å². The van der Waals surface area contributed by atoms with Crippen LogP contribution in [-0.2, 0) is 9.59 Å². The van der Waals surface area contributed by atoms with E-state index in [1.54, 1.807) is 0 Å². The van der Waals surface area contributed by atoms with Crippen molar-refractivity contribution in [1.82, 2.24) is 10.2 Å². The fourth-order valence-corrected chi connectivity index (χ4v) is 2.91. The Balaban J connectivity index is 1.88. The van der Waals surface area contributed by atoms with Crippen LogP contribution in [0.25, 0.3) is 0 Å². The minimum Gasteiger partial charge on any atom is -0.355 e. The molecule has 132 valence electrons. The largest absolute Gasteiger partial charge is 0.406 e. The average Bonchev–Trinajstić information content (AvgIpc) is 2.88. The number of halogens is 3. The van der Waals surface area contributed by atoms with Crippen molar-refractivity contribution in [1.29, 1.82) is 0 Å². The molecule has 1 aromatic rings. The fraction of sp³-hybridized carbons (Fsp3) is 0.529. The molecular formula is C17H21F3N2O2. The van der Waals surface area contributed by atoms with E-state index in [1.165, 1.54) is 0 Å². The first-order valence-corrected chi connectivity index (χ1v) is 7.97. The van der Waals surface area contributed by atoms with Gasteiger partial charge in [0.15, 0.2) is 0 Å². The van der Waals surface area contributed by atoms with Crippen molar-refractivity contribution in [3.8, 4) is 0 Å². The maximum absolute atomic E-state index is 12.4. The highest BCUT2D eigenvalue weighted by Crippen LogP contribution is 2.24. The van der Waals surface area contributed by atoms with E-state index >= 15 is 0 Å². The highest BCUT2D eigenvalue weighted by Gasteiger charge is 2.40. The van der Waals surface area contributed by atoms with Crippen molar-refractivity contribution < 1.29 is 22.8 Å². The van der Waals surface area contributed by atoms with Crippen LogP contribution in [0.2, 0.25) is 0 Å². The van der Waals surface area contributed by atoms with Gasteiger partial charge in [-0.05, 0) is 12.0 Å². The maximum Gasteiger partial charge on any atom is 0.406 e. The molecule has 2 amide bonds. The zero-order valence-corrected chi connectivity index (χ0v) is 13.5. The van der Waals surface area contributed by atoms with E-state index < -0.39 is 24.5 Å². The monoisotopic (exact) mass is 342 g/mol. The molecule has 1 aliphatic heterocycles. The molecule has 0 spiro atoms. The van der Waals surface area contributed by atoms with Gasteiger partial charge < -0.3 is 10.2 Å². The van der Waals surface area contributed by atoms with Crippen LogP contribution in [0.4, 0.5) is 13.2 Å². The Kier molecular flexibility index (Phi) is 5.85. The van der Waals surface area contributed by atoms with Crippen LogP contribution < -0.4 is 5.32 Å². The highest BCUT2D eigenvalue weighted by molar-refractivity contribution is 5.89. The number of nitrogens with zero attached hydrogens (tertiary/aromatic N) is 1. The molecule has 1 N–H and O–H groups in total. The summed E-state index contributed by atoms with van der Waals surface area (Å²) in [5.41, 5.74) is 1.10. The second-order valence-electron chi connectivity index (χ2n) is 6.05. The van der Waals surface area contributed by atoms with Crippen molar-refractivity contribution in [2.45, 2.75) is 31.9 Å². The van der Waals surface area contributed by atoms with Gasteiger partial charge in [-0.3, -0.25) is 9.59 Å². The lowest BCUT2D eigenvalue weighted by molar-refractivity contribution is -0.157. The Morgan fingerprint density at radius 1 is 1.33 bits per heavy atom. The molecule has 2 atom stereocenters.